The Kier molecular flexibility index (Phi) is 4.25. The number of carbonyl (C=O) groups excluding carboxylic acids is 1. The summed E-state index contributed by atoms with van der Waals surface area (Å²) >= 11 is 0. The van der Waals surface area contributed by atoms with Crippen LogP contribution in [0, 0.1) is 11.8 Å². The van der Waals surface area contributed by atoms with Gasteiger partial charge in [0.05, 0.1) is 6.10 Å². The summed E-state index contributed by atoms with van der Waals surface area (Å²) in [5.74, 6) is 1.10. The molecule has 1 saturated heterocycles. The number of hydrogen-bond acceptors (Lipinski definition) is 2. The van der Waals surface area contributed by atoms with E-state index >= 15 is 0 Å². The summed E-state index contributed by atoms with van der Waals surface area (Å²) in [5, 5.41) is 6.23. The summed E-state index contributed by atoms with van der Waals surface area (Å²) in [4.78, 5) is 12.1. The Morgan fingerprint density at radius 1 is 1.22 bits per heavy atom. The molecule has 23 heavy (non-hydrogen) atoms. The number of ether oxygens (including phenoxy) is 1. The highest BCUT2D eigenvalue weighted by molar-refractivity contribution is 5.74. The molecule has 3 aliphatic rings. The zero-order chi connectivity index (χ0) is 15.6. The van der Waals surface area contributed by atoms with Crippen LogP contribution in [0.15, 0.2) is 24.3 Å². The predicted molar refractivity (Wildman–Crippen MR) is 89.4 cm³/mol. The summed E-state index contributed by atoms with van der Waals surface area (Å²) < 4.78 is 5.71. The smallest absolute Gasteiger partial charge is 0.315 e. The molecule has 0 unspecified atom stereocenters. The van der Waals surface area contributed by atoms with Gasteiger partial charge in [-0.1, -0.05) is 24.3 Å². The van der Waals surface area contributed by atoms with Crippen LogP contribution in [0.5, 0.6) is 0 Å². The molecule has 1 aromatic rings. The molecule has 1 heterocycles. The van der Waals surface area contributed by atoms with E-state index in [1.807, 2.05) is 0 Å². The summed E-state index contributed by atoms with van der Waals surface area (Å²) in [6.07, 6.45) is 7.07. The van der Waals surface area contributed by atoms with E-state index in [9.17, 15) is 4.79 Å². The lowest BCUT2D eigenvalue weighted by Crippen LogP contribution is -2.59. The van der Waals surface area contributed by atoms with Crippen LogP contribution in [-0.4, -0.2) is 31.3 Å². The third kappa shape index (κ3) is 3.23. The quantitative estimate of drug-likeness (QED) is 0.901. The zero-order valence-corrected chi connectivity index (χ0v) is 13.6. The molecule has 2 aliphatic carbocycles. The maximum Gasteiger partial charge on any atom is 0.315 e. The second-order valence-electron chi connectivity index (χ2n) is 7.29. The fourth-order valence-electron chi connectivity index (χ4n) is 4.37. The van der Waals surface area contributed by atoms with Gasteiger partial charge in [0.25, 0.3) is 0 Å². The van der Waals surface area contributed by atoms with Crippen molar-refractivity contribution in [1.29, 1.82) is 0 Å². The van der Waals surface area contributed by atoms with Gasteiger partial charge in [-0.25, -0.2) is 4.79 Å². The first kappa shape index (κ1) is 15.0. The average Bonchev–Trinajstić information content (AvgIpc) is 2.58. The number of rotatable bonds is 3. The number of amides is 2. The highest BCUT2D eigenvalue weighted by Crippen LogP contribution is 2.37. The Morgan fingerprint density at radius 3 is 2.96 bits per heavy atom. The van der Waals surface area contributed by atoms with Crippen LogP contribution in [0.2, 0.25) is 0 Å². The molecule has 0 bridgehead atoms. The highest BCUT2D eigenvalue weighted by atomic mass is 16.5. The number of nitrogens with one attached hydrogen (secondary N) is 2. The molecule has 2 N–H and O–H groups in total. The molecule has 1 aliphatic heterocycles. The molecule has 2 amide bonds. The normalized spacial score (nSPS) is 32.2. The first-order chi connectivity index (χ1) is 11.3. The Bertz CT molecular complexity index is 574. The third-order valence-corrected chi connectivity index (χ3v) is 5.81. The van der Waals surface area contributed by atoms with Crippen LogP contribution in [-0.2, 0) is 17.6 Å². The lowest BCUT2D eigenvalue weighted by Gasteiger charge is -2.47. The van der Waals surface area contributed by atoms with Crippen molar-refractivity contribution in [3.63, 3.8) is 0 Å². The van der Waals surface area contributed by atoms with Crippen LogP contribution in [0.25, 0.3) is 0 Å². The number of carbonyl (C=O) groups is 1. The molecule has 4 atom stereocenters. The van der Waals surface area contributed by atoms with Gasteiger partial charge >= 0.3 is 6.03 Å². The van der Waals surface area contributed by atoms with E-state index in [0.29, 0.717) is 24.0 Å². The molecule has 4 nitrogen and oxygen atoms in total. The first-order valence-corrected chi connectivity index (χ1v) is 9.02. The molecular formula is C19H26N2O2. The van der Waals surface area contributed by atoms with Gasteiger partial charge in [-0.3, -0.25) is 0 Å². The molecule has 4 rings (SSSR count). The van der Waals surface area contributed by atoms with Crippen molar-refractivity contribution in [2.45, 2.75) is 50.7 Å². The number of urea groups is 1. The molecule has 4 heteroatoms. The standard InChI is InChI=1S/C19H26N2O2/c22-19(21-17-11-18-16(17)6-3-9-23-18)20-12-13-7-8-14-4-1-2-5-15(14)10-13/h1-2,4-5,13,16-18H,3,6-12H2,(H2,20,21,22)/t13-,16-,17-,18+/m1/s1. The maximum atomic E-state index is 12.1. The topological polar surface area (TPSA) is 50.4 Å². The van der Waals surface area contributed by atoms with E-state index in [-0.39, 0.29) is 6.03 Å². The Morgan fingerprint density at radius 2 is 2.09 bits per heavy atom. The average molecular weight is 314 g/mol. The van der Waals surface area contributed by atoms with Crippen LogP contribution >= 0.6 is 0 Å². The Hall–Kier alpha value is -1.55. The molecule has 0 aromatic heterocycles. The Labute approximate surface area is 138 Å². The van der Waals surface area contributed by atoms with Gasteiger partial charge in [0.1, 0.15) is 0 Å². The zero-order valence-electron chi connectivity index (χ0n) is 13.6. The van der Waals surface area contributed by atoms with Crippen molar-refractivity contribution in [3.8, 4) is 0 Å². The van der Waals surface area contributed by atoms with E-state index in [4.69, 9.17) is 4.74 Å². The summed E-state index contributed by atoms with van der Waals surface area (Å²) in [5.41, 5.74) is 2.93. The van der Waals surface area contributed by atoms with Crippen molar-refractivity contribution in [1.82, 2.24) is 10.6 Å². The number of hydrogen-bond donors (Lipinski definition) is 2. The van der Waals surface area contributed by atoms with E-state index in [2.05, 4.69) is 34.9 Å². The van der Waals surface area contributed by atoms with Crippen molar-refractivity contribution >= 4 is 6.03 Å². The second-order valence-corrected chi connectivity index (χ2v) is 7.29. The Balaban J connectivity index is 1.22. The molecule has 0 radical (unpaired) electrons. The monoisotopic (exact) mass is 314 g/mol. The molecule has 1 saturated carbocycles. The van der Waals surface area contributed by atoms with Gasteiger partial charge in [-0.15, -0.1) is 0 Å². The minimum Gasteiger partial charge on any atom is -0.378 e. The van der Waals surface area contributed by atoms with E-state index in [1.54, 1.807) is 0 Å². The SMILES string of the molecule is O=C(NC[C@@H]1CCc2ccccc2C1)N[C@@H]1C[C@@H]2OCCC[C@@H]21. The lowest BCUT2D eigenvalue weighted by molar-refractivity contribution is -0.0999. The largest absolute Gasteiger partial charge is 0.378 e. The van der Waals surface area contributed by atoms with Gasteiger partial charge in [-0.05, 0) is 55.6 Å². The van der Waals surface area contributed by atoms with Gasteiger partial charge in [-0.2, -0.15) is 0 Å². The van der Waals surface area contributed by atoms with E-state index in [0.717, 1.165) is 38.8 Å². The summed E-state index contributed by atoms with van der Waals surface area (Å²) in [6.45, 7) is 1.67. The number of aryl methyl sites for hydroxylation is 1. The third-order valence-electron chi connectivity index (χ3n) is 5.81. The van der Waals surface area contributed by atoms with E-state index in [1.165, 1.54) is 24.0 Å². The van der Waals surface area contributed by atoms with Crippen molar-refractivity contribution in [2.75, 3.05) is 13.2 Å². The van der Waals surface area contributed by atoms with Gasteiger partial charge < -0.3 is 15.4 Å². The van der Waals surface area contributed by atoms with Crippen LogP contribution in [0.1, 0.15) is 36.8 Å². The fraction of sp³-hybridized carbons (Fsp3) is 0.632. The van der Waals surface area contributed by atoms with E-state index < -0.39 is 0 Å². The summed E-state index contributed by atoms with van der Waals surface area (Å²) in [6, 6.07) is 8.99. The minimum atomic E-state index is -0.00196. The van der Waals surface area contributed by atoms with Crippen LogP contribution < -0.4 is 10.6 Å². The van der Waals surface area contributed by atoms with Gasteiger partial charge in [0.2, 0.25) is 0 Å². The minimum absolute atomic E-state index is 0.00196. The number of fused-ring (bicyclic) bond motifs is 2. The van der Waals surface area contributed by atoms with Gasteiger partial charge in [0, 0.05) is 25.1 Å². The fourth-order valence-corrected chi connectivity index (χ4v) is 4.37. The first-order valence-electron chi connectivity index (χ1n) is 9.02. The molecular weight excluding hydrogens is 288 g/mol. The van der Waals surface area contributed by atoms with Crippen molar-refractivity contribution in [2.24, 2.45) is 11.8 Å². The second kappa shape index (κ2) is 6.52. The van der Waals surface area contributed by atoms with Crippen molar-refractivity contribution < 1.29 is 9.53 Å². The maximum absolute atomic E-state index is 12.1. The van der Waals surface area contributed by atoms with Crippen molar-refractivity contribution in [3.05, 3.63) is 35.4 Å². The highest BCUT2D eigenvalue weighted by Gasteiger charge is 2.43. The molecule has 0 spiro atoms. The lowest BCUT2D eigenvalue weighted by atomic mass is 9.72. The van der Waals surface area contributed by atoms with Gasteiger partial charge in [0.15, 0.2) is 0 Å². The number of benzene rings is 1. The molecule has 1 aromatic carbocycles. The predicted octanol–water partition coefficient (Wildman–Crippen LogP) is 2.66. The summed E-state index contributed by atoms with van der Waals surface area (Å²) in [7, 11) is 0. The van der Waals surface area contributed by atoms with Crippen LogP contribution in [0.4, 0.5) is 4.79 Å². The molecule has 2 fully saturated rings. The van der Waals surface area contributed by atoms with Crippen LogP contribution in [0.3, 0.4) is 0 Å². The molecule has 124 valence electrons.